The summed E-state index contributed by atoms with van der Waals surface area (Å²) in [6.07, 6.45) is 0. The fourth-order valence-corrected chi connectivity index (χ4v) is 2.70. The highest BCUT2D eigenvalue weighted by atomic mass is 32.1. The van der Waals surface area contributed by atoms with Gasteiger partial charge in [0.15, 0.2) is 0 Å². The van der Waals surface area contributed by atoms with Crippen LogP contribution in [0.25, 0.3) is 0 Å². The van der Waals surface area contributed by atoms with Gasteiger partial charge in [0.2, 0.25) is 0 Å². The summed E-state index contributed by atoms with van der Waals surface area (Å²) in [7, 11) is 0. The second-order valence-electron chi connectivity index (χ2n) is 4.42. The molecule has 1 aromatic heterocycles. The van der Waals surface area contributed by atoms with Crippen molar-refractivity contribution in [3.8, 4) is 11.8 Å². The number of rotatable bonds is 2. The second-order valence-corrected chi connectivity index (χ2v) is 5.58. The van der Waals surface area contributed by atoms with Crippen molar-refractivity contribution < 1.29 is 4.39 Å². The lowest BCUT2D eigenvalue weighted by atomic mass is 10.1. The summed E-state index contributed by atoms with van der Waals surface area (Å²) < 4.78 is 15.3. The normalized spacial score (nSPS) is 10.2. The first-order valence-electron chi connectivity index (χ1n) is 6.17. The maximum Gasteiger partial charge on any atom is 0.307 e. The molecule has 0 aliphatic carbocycles. The zero-order valence-corrected chi connectivity index (χ0v) is 12.2. The Labute approximate surface area is 120 Å². The Morgan fingerprint density at radius 1 is 1.40 bits per heavy atom. The third kappa shape index (κ3) is 2.98. The van der Waals surface area contributed by atoms with Crippen LogP contribution in [0.4, 0.5) is 4.39 Å². The molecule has 1 aromatic carbocycles. The molecular formula is C15H15FN2OS. The van der Waals surface area contributed by atoms with Crippen LogP contribution in [0.5, 0.6) is 0 Å². The molecule has 2 rings (SSSR count). The Morgan fingerprint density at radius 3 is 2.75 bits per heavy atom. The summed E-state index contributed by atoms with van der Waals surface area (Å²) in [4.78, 5) is 12.9. The summed E-state index contributed by atoms with van der Waals surface area (Å²) in [5.41, 5.74) is 7.39. The number of thiazole rings is 1. The first kappa shape index (κ1) is 14.5. The molecule has 5 heteroatoms. The number of halogens is 1. The van der Waals surface area contributed by atoms with E-state index in [1.807, 2.05) is 13.8 Å². The van der Waals surface area contributed by atoms with Gasteiger partial charge in [0, 0.05) is 10.6 Å². The van der Waals surface area contributed by atoms with Crippen LogP contribution >= 0.6 is 11.3 Å². The highest BCUT2D eigenvalue weighted by Crippen LogP contribution is 2.14. The zero-order valence-electron chi connectivity index (χ0n) is 11.4. The molecule has 0 radical (unpaired) electrons. The van der Waals surface area contributed by atoms with Gasteiger partial charge < -0.3 is 5.73 Å². The van der Waals surface area contributed by atoms with E-state index in [-0.39, 0.29) is 17.2 Å². The van der Waals surface area contributed by atoms with Crippen LogP contribution in [0.2, 0.25) is 0 Å². The van der Waals surface area contributed by atoms with Gasteiger partial charge in [-0.15, -0.1) is 0 Å². The fourth-order valence-electron chi connectivity index (χ4n) is 1.87. The molecule has 0 aliphatic heterocycles. The molecule has 0 aliphatic rings. The molecule has 104 valence electrons. The summed E-state index contributed by atoms with van der Waals surface area (Å²) in [5.74, 6) is 4.96. The molecule has 0 atom stereocenters. The maximum absolute atomic E-state index is 13.6. The third-order valence-electron chi connectivity index (χ3n) is 3.07. The Morgan fingerprint density at radius 2 is 2.15 bits per heavy atom. The molecule has 0 fully saturated rings. The van der Waals surface area contributed by atoms with E-state index in [2.05, 4.69) is 11.8 Å². The quantitative estimate of drug-likeness (QED) is 0.860. The number of hydrogen-bond donors (Lipinski definition) is 1. The van der Waals surface area contributed by atoms with Gasteiger partial charge in [-0.3, -0.25) is 9.36 Å². The third-order valence-corrected chi connectivity index (χ3v) is 4.07. The molecule has 1 heterocycles. The first-order valence-corrected chi connectivity index (χ1v) is 6.98. The standard InChI is InChI=1S/C15H15FN2OS/c1-10-11(2)20-15(19)18(10)9-12-5-6-14(16)13(8-12)4-3-7-17/h5-6,8H,7,9,17H2,1-2H3. The Kier molecular flexibility index (Phi) is 4.38. The Hall–Kier alpha value is -1.90. The van der Waals surface area contributed by atoms with Crippen molar-refractivity contribution in [2.45, 2.75) is 20.4 Å². The number of aromatic nitrogens is 1. The number of nitrogens with zero attached hydrogens (tertiary/aromatic N) is 1. The summed E-state index contributed by atoms with van der Waals surface area (Å²) in [6.45, 7) is 4.44. The van der Waals surface area contributed by atoms with Crippen molar-refractivity contribution in [1.29, 1.82) is 0 Å². The molecule has 0 spiro atoms. The van der Waals surface area contributed by atoms with E-state index in [0.29, 0.717) is 12.1 Å². The molecule has 2 aromatic rings. The van der Waals surface area contributed by atoms with Crippen LogP contribution in [0.15, 0.2) is 23.0 Å². The molecule has 0 unspecified atom stereocenters. The number of benzene rings is 1. The zero-order chi connectivity index (χ0) is 14.7. The van der Waals surface area contributed by atoms with Crippen LogP contribution in [0.3, 0.4) is 0 Å². The van der Waals surface area contributed by atoms with Gasteiger partial charge in [0.1, 0.15) is 5.82 Å². The van der Waals surface area contributed by atoms with Crippen LogP contribution in [-0.2, 0) is 6.54 Å². The molecule has 0 amide bonds. The Balaban J connectivity index is 2.37. The van der Waals surface area contributed by atoms with Crippen molar-refractivity contribution in [3.63, 3.8) is 0 Å². The number of hydrogen-bond acceptors (Lipinski definition) is 3. The lowest BCUT2D eigenvalue weighted by Gasteiger charge is -2.06. The summed E-state index contributed by atoms with van der Waals surface area (Å²) in [5, 5.41) is 0. The predicted molar refractivity (Wildman–Crippen MR) is 79.5 cm³/mol. The van der Waals surface area contributed by atoms with Crippen LogP contribution < -0.4 is 10.6 Å². The van der Waals surface area contributed by atoms with Gasteiger partial charge in [-0.05, 0) is 31.5 Å². The van der Waals surface area contributed by atoms with Crippen molar-refractivity contribution in [2.75, 3.05) is 6.54 Å². The average molecular weight is 290 g/mol. The molecule has 20 heavy (non-hydrogen) atoms. The van der Waals surface area contributed by atoms with Crippen LogP contribution in [0.1, 0.15) is 21.7 Å². The minimum Gasteiger partial charge on any atom is -0.320 e. The lowest BCUT2D eigenvalue weighted by Crippen LogP contribution is -2.15. The van der Waals surface area contributed by atoms with E-state index in [0.717, 1.165) is 16.1 Å². The number of aryl methyl sites for hydroxylation is 1. The molecule has 0 saturated heterocycles. The molecule has 0 saturated carbocycles. The van der Waals surface area contributed by atoms with Crippen molar-refractivity contribution >= 4 is 11.3 Å². The second kappa shape index (κ2) is 6.04. The maximum atomic E-state index is 13.6. The van der Waals surface area contributed by atoms with Crippen LogP contribution in [-0.4, -0.2) is 11.1 Å². The smallest absolute Gasteiger partial charge is 0.307 e. The van der Waals surface area contributed by atoms with E-state index in [9.17, 15) is 9.18 Å². The molecular weight excluding hydrogens is 275 g/mol. The monoisotopic (exact) mass is 290 g/mol. The number of nitrogens with two attached hydrogens (primary N) is 1. The van der Waals surface area contributed by atoms with E-state index >= 15 is 0 Å². The highest BCUT2D eigenvalue weighted by Gasteiger charge is 2.09. The van der Waals surface area contributed by atoms with Crippen molar-refractivity contribution in [2.24, 2.45) is 5.73 Å². The van der Waals surface area contributed by atoms with Crippen molar-refractivity contribution in [1.82, 2.24) is 4.57 Å². The van der Waals surface area contributed by atoms with Gasteiger partial charge in [0.25, 0.3) is 0 Å². The van der Waals surface area contributed by atoms with E-state index in [1.54, 1.807) is 16.7 Å². The lowest BCUT2D eigenvalue weighted by molar-refractivity contribution is 0.622. The summed E-state index contributed by atoms with van der Waals surface area (Å²) >= 11 is 1.23. The van der Waals surface area contributed by atoms with Gasteiger partial charge in [0.05, 0.1) is 18.7 Å². The van der Waals surface area contributed by atoms with Gasteiger partial charge in [-0.25, -0.2) is 4.39 Å². The largest absolute Gasteiger partial charge is 0.320 e. The Bertz CT molecular complexity index is 749. The van der Waals surface area contributed by atoms with E-state index in [4.69, 9.17) is 5.73 Å². The highest BCUT2D eigenvalue weighted by molar-refractivity contribution is 7.09. The first-order chi connectivity index (χ1) is 9.52. The molecule has 3 nitrogen and oxygen atoms in total. The van der Waals surface area contributed by atoms with E-state index in [1.165, 1.54) is 17.4 Å². The summed E-state index contributed by atoms with van der Waals surface area (Å²) in [6, 6.07) is 4.70. The van der Waals surface area contributed by atoms with Crippen molar-refractivity contribution in [3.05, 3.63) is 55.4 Å². The molecule has 0 bridgehead atoms. The predicted octanol–water partition coefficient (Wildman–Crippen LogP) is 2.02. The topological polar surface area (TPSA) is 48.0 Å². The minimum atomic E-state index is -0.375. The van der Waals surface area contributed by atoms with Gasteiger partial charge in [-0.1, -0.05) is 29.2 Å². The van der Waals surface area contributed by atoms with Gasteiger partial charge in [-0.2, -0.15) is 0 Å². The fraction of sp³-hybridized carbons (Fsp3) is 0.267. The van der Waals surface area contributed by atoms with E-state index < -0.39 is 0 Å². The van der Waals surface area contributed by atoms with Crippen LogP contribution in [0, 0.1) is 31.5 Å². The SMILES string of the molecule is Cc1sc(=O)n(Cc2ccc(F)c(C#CCN)c2)c1C. The van der Waals surface area contributed by atoms with Gasteiger partial charge >= 0.3 is 4.87 Å². The molecule has 2 N–H and O–H groups in total. The minimum absolute atomic E-state index is 0.00100. The average Bonchev–Trinajstić information content (AvgIpc) is 2.66.